The standard InChI is InChI=1S/C13H24N2O/c1-5-11(2)15(4)9-8-14-12(3)13-7-6-10-16-13/h6-7,10-12,14H,5,8-9H2,1-4H3. The van der Waals surface area contributed by atoms with Gasteiger partial charge in [0.15, 0.2) is 0 Å². The Morgan fingerprint density at radius 1 is 1.44 bits per heavy atom. The minimum Gasteiger partial charge on any atom is -0.468 e. The Bertz CT molecular complexity index is 271. The zero-order valence-electron chi connectivity index (χ0n) is 10.9. The zero-order valence-corrected chi connectivity index (χ0v) is 10.9. The van der Waals surface area contributed by atoms with Crippen LogP contribution in [0.15, 0.2) is 22.8 Å². The molecule has 0 amide bonds. The van der Waals surface area contributed by atoms with E-state index in [1.165, 1.54) is 6.42 Å². The molecule has 0 bridgehead atoms. The van der Waals surface area contributed by atoms with Gasteiger partial charge in [-0.1, -0.05) is 6.92 Å². The van der Waals surface area contributed by atoms with Crippen molar-refractivity contribution in [2.24, 2.45) is 0 Å². The van der Waals surface area contributed by atoms with Gasteiger partial charge < -0.3 is 14.6 Å². The van der Waals surface area contributed by atoms with Crippen LogP contribution in [0.2, 0.25) is 0 Å². The molecule has 0 radical (unpaired) electrons. The molecule has 3 nitrogen and oxygen atoms in total. The average Bonchev–Trinajstić information content (AvgIpc) is 2.81. The van der Waals surface area contributed by atoms with E-state index in [1.807, 2.05) is 12.1 Å². The lowest BCUT2D eigenvalue weighted by Gasteiger charge is -2.24. The van der Waals surface area contributed by atoms with Crippen molar-refractivity contribution in [3.05, 3.63) is 24.2 Å². The maximum absolute atomic E-state index is 5.35. The molecule has 3 heteroatoms. The summed E-state index contributed by atoms with van der Waals surface area (Å²) in [5.41, 5.74) is 0. The summed E-state index contributed by atoms with van der Waals surface area (Å²) in [6.45, 7) is 8.67. The molecule has 0 spiro atoms. The third kappa shape index (κ3) is 3.99. The van der Waals surface area contributed by atoms with Gasteiger partial charge in [-0.2, -0.15) is 0 Å². The van der Waals surface area contributed by atoms with Gasteiger partial charge in [0.2, 0.25) is 0 Å². The van der Waals surface area contributed by atoms with E-state index in [4.69, 9.17) is 4.42 Å². The molecule has 0 aliphatic carbocycles. The highest BCUT2D eigenvalue weighted by atomic mass is 16.3. The molecular weight excluding hydrogens is 200 g/mol. The highest BCUT2D eigenvalue weighted by Gasteiger charge is 2.09. The Labute approximate surface area is 98.8 Å². The number of nitrogens with zero attached hydrogens (tertiary/aromatic N) is 1. The summed E-state index contributed by atoms with van der Waals surface area (Å²) >= 11 is 0. The molecule has 1 N–H and O–H groups in total. The summed E-state index contributed by atoms with van der Waals surface area (Å²) in [7, 11) is 2.17. The second-order valence-electron chi connectivity index (χ2n) is 4.43. The molecule has 1 rings (SSSR count). The van der Waals surface area contributed by atoms with Gasteiger partial charge in [-0.3, -0.25) is 0 Å². The maximum atomic E-state index is 5.35. The quantitative estimate of drug-likeness (QED) is 0.772. The van der Waals surface area contributed by atoms with Crippen molar-refractivity contribution in [1.29, 1.82) is 0 Å². The van der Waals surface area contributed by atoms with Crippen LogP contribution in [0.4, 0.5) is 0 Å². The van der Waals surface area contributed by atoms with Crippen molar-refractivity contribution < 1.29 is 4.42 Å². The van der Waals surface area contributed by atoms with Gasteiger partial charge in [-0.25, -0.2) is 0 Å². The van der Waals surface area contributed by atoms with Gasteiger partial charge in [0.1, 0.15) is 5.76 Å². The van der Waals surface area contributed by atoms with E-state index >= 15 is 0 Å². The number of likely N-dealkylation sites (N-methyl/N-ethyl adjacent to an activating group) is 1. The molecule has 1 aromatic rings. The minimum absolute atomic E-state index is 0.292. The molecule has 16 heavy (non-hydrogen) atoms. The Morgan fingerprint density at radius 2 is 2.19 bits per heavy atom. The first kappa shape index (κ1) is 13.3. The second kappa shape index (κ2) is 6.71. The van der Waals surface area contributed by atoms with Crippen molar-refractivity contribution in [1.82, 2.24) is 10.2 Å². The van der Waals surface area contributed by atoms with Gasteiger partial charge in [0, 0.05) is 19.1 Å². The second-order valence-corrected chi connectivity index (χ2v) is 4.43. The minimum atomic E-state index is 0.292. The van der Waals surface area contributed by atoms with Gasteiger partial charge >= 0.3 is 0 Å². The van der Waals surface area contributed by atoms with Gasteiger partial charge in [-0.05, 0) is 39.4 Å². The van der Waals surface area contributed by atoms with Crippen LogP contribution in [0.5, 0.6) is 0 Å². The molecule has 92 valence electrons. The third-order valence-corrected chi connectivity index (χ3v) is 3.23. The van der Waals surface area contributed by atoms with E-state index in [0.29, 0.717) is 12.1 Å². The van der Waals surface area contributed by atoms with Crippen molar-refractivity contribution in [2.45, 2.75) is 39.3 Å². The first-order valence-corrected chi connectivity index (χ1v) is 6.12. The first-order valence-electron chi connectivity index (χ1n) is 6.12. The summed E-state index contributed by atoms with van der Waals surface area (Å²) in [6, 6.07) is 4.88. The Kier molecular flexibility index (Phi) is 5.56. The van der Waals surface area contributed by atoms with E-state index in [0.717, 1.165) is 18.8 Å². The molecule has 0 fully saturated rings. The molecular formula is C13H24N2O. The van der Waals surface area contributed by atoms with Crippen LogP contribution < -0.4 is 5.32 Å². The number of furan rings is 1. The smallest absolute Gasteiger partial charge is 0.120 e. The zero-order chi connectivity index (χ0) is 12.0. The van der Waals surface area contributed by atoms with Crippen molar-refractivity contribution in [3.63, 3.8) is 0 Å². The van der Waals surface area contributed by atoms with Crippen LogP contribution >= 0.6 is 0 Å². The van der Waals surface area contributed by atoms with E-state index in [-0.39, 0.29) is 0 Å². The highest BCUT2D eigenvalue weighted by Crippen LogP contribution is 2.11. The molecule has 0 saturated heterocycles. The molecule has 1 heterocycles. The van der Waals surface area contributed by atoms with Gasteiger partial charge in [0.05, 0.1) is 12.3 Å². The van der Waals surface area contributed by atoms with Crippen molar-refractivity contribution >= 4 is 0 Å². The molecule has 0 aliphatic rings. The Hall–Kier alpha value is -0.800. The lowest BCUT2D eigenvalue weighted by molar-refractivity contribution is 0.247. The molecule has 1 aromatic heterocycles. The SMILES string of the molecule is CCC(C)N(C)CCNC(C)c1ccco1. The molecule has 0 aliphatic heterocycles. The number of hydrogen-bond acceptors (Lipinski definition) is 3. The van der Waals surface area contributed by atoms with Gasteiger partial charge in [0.25, 0.3) is 0 Å². The molecule has 2 atom stereocenters. The van der Waals surface area contributed by atoms with Crippen LogP contribution in [0.1, 0.15) is 39.0 Å². The van der Waals surface area contributed by atoms with E-state index < -0.39 is 0 Å². The van der Waals surface area contributed by atoms with E-state index in [2.05, 4.69) is 38.0 Å². The van der Waals surface area contributed by atoms with Crippen molar-refractivity contribution in [2.75, 3.05) is 20.1 Å². The predicted octanol–water partition coefficient (Wildman–Crippen LogP) is 2.66. The topological polar surface area (TPSA) is 28.4 Å². The number of hydrogen-bond donors (Lipinski definition) is 1. The lowest BCUT2D eigenvalue weighted by Crippen LogP contribution is -2.35. The fourth-order valence-electron chi connectivity index (χ4n) is 1.63. The van der Waals surface area contributed by atoms with Gasteiger partial charge in [-0.15, -0.1) is 0 Å². The van der Waals surface area contributed by atoms with E-state index in [1.54, 1.807) is 6.26 Å². The Balaban J connectivity index is 2.20. The number of rotatable bonds is 7. The average molecular weight is 224 g/mol. The highest BCUT2D eigenvalue weighted by molar-refractivity contribution is 5.02. The molecule has 0 aromatic carbocycles. The molecule has 0 saturated carbocycles. The summed E-state index contributed by atoms with van der Waals surface area (Å²) < 4.78 is 5.35. The predicted molar refractivity (Wildman–Crippen MR) is 67.5 cm³/mol. The monoisotopic (exact) mass is 224 g/mol. The molecule has 2 unspecified atom stereocenters. The number of nitrogens with one attached hydrogen (secondary N) is 1. The largest absolute Gasteiger partial charge is 0.468 e. The lowest BCUT2D eigenvalue weighted by atomic mass is 10.2. The third-order valence-electron chi connectivity index (χ3n) is 3.23. The van der Waals surface area contributed by atoms with Crippen LogP contribution in [0.25, 0.3) is 0 Å². The van der Waals surface area contributed by atoms with E-state index in [9.17, 15) is 0 Å². The van der Waals surface area contributed by atoms with Crippen LogP contribution in [-0.2, 0) is 0 Å². The normalized spacial score (nSPS) is 15.3. The maximum Gasteiger partial charge on any atom is 0.120 e. The Morgan fingerprint density at radius 3 is 2.75 bits per heavy atom. The fraction of sp³-hybridized carbons (Fsp3) is 0.692. The first-order chi connectivity index (χ1) is 7.65. The van der Waals surface area contributed by atoms with Crippen molar-refractivity contribution in [3.8, 4) is 0 Å². The summed E-state index contributed by atoms with van der Waals surface area (Å²) in [5, 5.41) is 3.46. The van der Waals surface area contributed by atoms with Crippen LogP contribution in [0.3, 0.4) is 0 Å². The summed E-state index contributed by atoms with van der Waals surface area (Å²) in [4.78, 5) is 2.38. The van der Waals surface area contributed by atoms with Crippen LogP contribution in [-0.4, -0.2) is 31.1 Å². The summed E-state index contributed by atoms with van der Waals surface area (Å²) in [6.07, 6.45) is 2.92. The summed E-state index contributed by atoms with van der Waals surface area (Å²) in [5.74, 6) is 1.01. The van der Waals surface area contributed by atoms with Crippen LogP contribution in [0, 0.1) is 0 Å². The fourth-order valence-corrected chi connectivity index (χ4v) is 1.63.